The van der Waals surface area contributed by atoms with Crippen molar-refractivity contribution in [3.63, 3.8) is 0 Å². The van der Waals surface area contributed by atoms with Gasteiger partial charge < -0.3 is 29.0 Å². The van der Waals surface area contributed by atoms with E-state index in [0.717, 1.165) is 23.4 Å². The average molecular weight is 293 g/mol. The predicted molar refractivity (Wildman–Crippen MR) is 73.6 cm³/mol. The molecule has 2 atom stereocenters. The van der Waals surface area contributed by atoms with Gasteiger partial charge in [0.25, 0.3) is 0 Å². The van der Waals surface area contributed by atoms with Crippen molar-refractivity contribution < 1.29 is 23.7 Å². The van der Waals surface area contributed by atoms with Crippen molar-refractivity contribution in [3.05, 3.63) is 23.3 Å². The van der Waals surface area contributed by atoms with E-state index in [2.05, 4.69) is 5.32 Å². The van der Waals surface area contributed by atoms with Crippen LogP contribution >= 0.6 is 0 Å². The summed E-state index contributed by atoms with van der Waals surface area (Å²) in [6, 6.07) is 3.99. The molecule has 6 heteroatoms. The average Bonchev–Trinajstić information content (AvgIpc) is 3.14. The van der Waals surface area contributed by atoms with Gasteiger partial charge in [0, 0.05) is 18.7 Å². The standard InChI is InChI=1S/C15H19NO5/c1-17-11-5-9-10(6-12(11)18-2)15(14-19-3-4-20-14)8-16-7-13(9)21-15/h5-6,13-14,16H,3-4,7-8H2,1-2H3. The second-order valence-corrected chi connectivity index (χ2v) is 5.49. The van der Waals surface area contributed by atoms with Gasteiger partial charge in [0.05, 0.1) is 33.5 Å². The van der Waals surface area contributed by atoms with Crippen molar-refractivity contribution in [1.82, 2.24) is 5.32 Å². The van der Waals surface area contributed by atoms with Crippen LogP contribution in [0.25, 0.3) is 0 Å². The number of morpholine rings is 1. The first-order valence-electron chi connectivity index (χ1n) is 7.16. The molecule has 3 aliphatic rings. The molecule has 1 aromatic rings. The van der Waals surface area contributed by atoms with E-state index in [1.54, 1.807) is 14.2 Å². The summed E-state index contributed by atoms with van der Waals surface area (Å²) in [7, 11) is 3.28. The molecule has 3 heterocycles. The number of ether oxygens (including phenoxy) is 5. The van der Waals surface area contributed by atoms with Gasteiger partial charge in [-0.05, 0) is 17.7 Å². The number of methoxy groups -OCH3 is 2. The van der Waals surface area contributed by atoms with Crippen molar-refractivity contribution in [3.8, 4) is 11.5 Å². The number of rotatable bonds is 3. The zero-order chi connectivity index (χ0) is 14.4. The highest BCUT2D eigenvalue weighted by Crippen LogP contribution is 2.51. The first-order chi connectivity index (χ1) is 10.3. The van der Waals surface area contributed by atoms with E-state index in [-0.39, 0.29) is 12.4 Å². The van der Waals surface area contributed by atoms with Gasteiger partial charge in [-0.15, -0.1) is 0 Å². The second kappa shape index (κ2) is 4.84. The highest BCUT2D eigenvalue weighted by atomic mass is 16.7. The molecule has 2 unspecified atom stereocenters. The first kappa shape index (κ1) is 13.3. The van der Waals surface area contributed by atoms with Gasteiger partial charge in [0.2, 0.25) is 0 Å². The fourth-order valence-electron chi connectivity index (χ4n) is 3.48. The molecule has 1 N–H and O–H groups in total. The summed E-state index contributed by atoms with van der Waals surface area (Å²) in [5.41, 5.74) is 1.59. The minimum absolute atomic E-state index is 0.0126. The summed E-state index contributed by atoms with van der Waals surface area (Å²) in [5.74, 6) is 1.42. The van der Waals surface area contributed by atoms with Gasteiger partial charge in [-0.2, -0.15) is 0 Å². The lowest BCUT2D eigenvalue weighted by Gasteiger charge is -2.37. The van der Waals surface area contributed by atoms with Crippen molar-refractivity contribution >= 4 is 0 Å². The first-order valence-corrected chi connectivity index (χ1v) is 7.16. The molecule has 0 radical (unpaired) electrons. The number of hydrogen-bond donors (Lipinski definition) is 1. The van der Waals surface area contributed by atoms with Crippen LogP contribution in [0.5, 0.6) is 11.5 Å². The summed E-state index contributed by atoms with van der Waals surface area (Å²) in [5, 5.41) is 3.42. The van der Waals surface area contributed by atoms with Crippen LogP contribution in [0, 0.1) is 0 Å². The molecule has 0 amide bonds. The zero-order valence-corrected chi connectivity index (χ0v) is 12.2. The molecule has 0 aliphatic carbocycles. The van der Waals surface area contributed by atoms with E-state index in [1.165, 1.54) is 0 Å². The zero-order valence-electron chi connectivity index (χ0n) is 12.2. The third-order valence-electron chi connectivity index (χ3n) is 4.43. The Hall–Kier alpha value is -1.34. The maximum Gasteiger partial charge on any atom is 0.192 e. The monoisotopic (exact) mass is 293 g/mol. The molecule has 2 fully saturated rings. The Labute approximate surface area is 123 Å². The van der Waals surface area contributed by atoms with Gasteiger partial charge in [-0.25, -0.2) is 0 Å². The van der Waals surface area contributed by atoms with Crippen LogP contribution in [0.1, 0.15) is 17.2 Å². The minimum Gasteiger partial charge on any atom is -0.493 e. The van der Waals surface area contributed by atoms with E-state index in [4.69, 9.17) is 23.7 Å². The molecule has 0 saturated carbocycles. The Morgan fingerprint density at radius 3 is 2.57 bits per heavy atom. The van der Waals surface area contributed by atoms with Gasteiger partial charge in [-0.3, -0.25) is 0 Å². The predicted octanol–water partition coefficient (Wildman–Crippen LogP) is 0.946. The second-order valence-electron chi connectivity index (χ2n) is 5.49. The highest BCUT2D eigenvalue weighted by molar-refractivity contribution is 5.53. The Kier molecular flexibility index (Phi) is 3.08. The fraction of sp³-hybridized carbons (Fsp3) is 0.600. The SMILES string of the molecule is COc1cc2c(cc1OC)C1(C3OCCO3)CNCC2O1. The molecule has 0 spiro atoms. The van der Waals surface area contributed by atoms with E-state index in [1.807, 2.05) is 12.1 Å². The third-order valence-corrected chi connectivity index (χ3v) is 4.43. The summed E-state index contributed by atoms with van der Waals surface area (Å²) in [4.78, 5) is 0. The van der Waals surface area contributed by atoms with Crippen LogP contribution in [0.2, 0.25) is 0 Å². The smallest absolute Gasteiger partial charge is 0.192 e. The lowest BCUT2D eigenvalue weighted by Crippen LogP contribution is -2.51. The fourth-order valence-corrected chi connectivity index (χ4v) is 3.48. The normalized spacial score (nSPS) is 31.2. The molecule has 114 valence electrons. The van der Waals surface area contributed by atoms with E-state index in [9.17, 15) is 0 Å². The third kappa shape index (κ3) is 1.80. The molecule has 3 aliphatic heterocycles. The van der Waals surface area contributed by atoms with Crippen LogP contribution in [0.3, 0.4) is 0 Å². The van der Waals surface area contributed by atoms with Gasteiger partial charge in [0.15, 0.2) is 23.4 Å². The summed E-state index contributed by atoms with van der Waals surface area (Å²) < 4.78 is 28.6. The lowest BCUT2D eigenvalue weighted by atomic mass is 9.91. The molecule has 1 aromatic carbocycles. The maximum absolute atomic E-state index is 6.31. The molecular formula is C15H19NO5. The van der Waals surface area contributed by atoms with Crippen molar-refractivity contribution in [2.24, 2.45) is 0 Å². The molecule has 21 heavy (non-hydrogen) atoms. The quantitative estimate of drug-likeness (QED) is 0.895. The molecular weight excluding hydrogens is 274 g/mol. The molecule has 6 nitrogen and oxygen atoms in total. The van der Waals surface area contributed by atoms with Gasteiger partial charge >= 0.3 is 0 Å². The molecule has 4 rings (SSSR count). The van der Waals surface area contributed by atoms with Crippen molar-refractivity contribution in [2.75, 3.05) is 40.5 Å². The number of fused-ring (bicyclic) bond motifs is 5. The van der Waals surface area contributed by atoms with Crippen molar-refractivity contribution in [2.45, 2.75) is 18.0 Å². The summed E-state index contributed by atoms with van der Waals surface area (Å²) in [6.45, 7) is 2.64. The van der Waals surface area contributed by atoms with E-state index < -0.39 is 5.60 Å². The Balaban J connectivity index is 1.85. The maximum atomic E-state index is 6.31. The Morgan fingerprint density at radius 1 is 1.14 bits per heavy atom. The molecule has 2 saturated heterocycles. The van der Waals surface area contributed by atoms with Crippen LogP contribution in [-0.2, 0) is 19.8 Å². The lowest BCUT2D eigenvalue weighted by molar-refractivity contribution is -0.229. The topological polar surface area (TPSA) is 58.2 Å². The number of hydrogen-bond acceptors (Lipinski definition) is 6. The minimum atomic E-state index is -0.603. The van der Waals surface area contributed by atoms with Crippen molar-refractivity contribution in [1.29, 1.82) is 0 Å². The molecule has 0 aromatic heterocycles. The Bertz CT molecular complexity index is 557. The van der Waals surface area contributed by atoms with E-state index in [0.29, 0.717) is 25.5 Å². The summed E-state index contributed by atoms with van der Waals surface area (Å²) >= 11 is 0. The summed E-state index contributed by atoms with van der Waals surface area (Å²) in [6.07, 6.45) is -0.395. The largest absolute Gasteiger partial charge is 0.493 e. The van der Waals surface area contributed by atoms with Crippen LogP contribution < -0.4 is 14.8 Å². The molecule has 2 bridgehead atoms. The van der Waals surface area contributed by atoms with Crippen LogP contribution in [-0.4, -0.2) is 46.8 Å². The van der Waals surface area contributed by atoms with E-state index >= 15 is 0 Å². The van der Waals surface area contributed by atoms with Gasteiger partial charge in [0.1, 0.15) is 0 Å². The Morgan fingerprint density at radius 2 is 1.86 bits per heavy atom. The number of benzene rings is 1. The highest BCUT2D eigenvalue weighted by Gasteiger charge is 2.55. The van der Waals surface area contributed by atoms with Crippen LogP contribution in [0.4, 0.5) is 0 Å². The van der Waals surface area contributed by atoms with Gasteiger partial charge in [-0.1, -0.05) is 0 Å². The number of nitrogens with one attached hydrogen (secondary N) is 1. The van der Waals surface area contributed by atoms with Crippen LogP contribution in [0.15, 0.2) is 12.1 Å².